The highest BCUT2D eigenvalue weighted by Crippen LogP contribution is 1.97. The van der Waals surface area contributed by atoms with Crippen molar-refractivity contribution in [2.24, 2.45) is 11.5 Å². The van der Waals surface area contributed by atoms with Crippen LogP contribution in [0.2, 0.25) is 0 Å². The highest BCUT2D eigenvalue weighted by molar-refractivity contribution is 7.85. The zero-order chi connectivity index (χ0) is 21.6. The van der Waals surface area contributed by atoms with Crippen LogP contribution in [0.1, 0.15) is 12.8 Å². The Morgan fingerprint density at radius 3 is 2.04 bits per heavy atom. The molecule has 0 bridgehead atoms. The molecule has 0 aliphatic carbocycles. The summed E-state index contributed by atoms with van der Waals surface area (Å²) in [7, 11) is -3.80. The first-order chi connectivity index (χ1) is 12.3. The minimum absolute atomic E-state index is 0.0256. The van der Waals surface area contributed by atoms with Gasteiger partial charge in [0.25, 0.3) is 10.1 Å². The number of hydrogen-bond acceptors (Lipinski definition) is 9. The van der Waals surface area contributed by atoms with Gasteiger partial charge in [0.2, 0.25) is 11.8 Å². The van der Waals surface area contributed by atoms with Crippen LogP contribution in [0.3, 0.4) is 0 Å². The molecule has 27 heavy (non-hydrogen) atoms. The molecule has 0 aromatic heterocycles. The fraction of sp³-hybridized carbons (Fsp3) is 0.667. The van der Waals surface area contributed by atoms with Gasteiger partial charge in [-0.15, -0.1) is 0 Å². The Kier molecular flexibility index (Phi) is 14.3. The van der Waals surface area contributed by atoms with Gasteiger partial charge in [0, 0.05) is 18.7 Å². The van der Waals surface area contributed by atoms with Crippen molar-refractivity contribution in [1.82, 2.24) is 10.6 Å². The van der Waals surface area contributed by atoms with E-state index in [4.69, 9.17) is 26.2 Å². The molecule has 0 saturated carbocycles. The zero-order valence-electron chi connectivity index (χ0n) is 14.2. The van der Waals surface area contributed by atoms with Crippen LogP contribution < -0.4 is 22.1 Å². The van der Waals surface area contributed by atoms with Crippen LogP contribution in [-0.2, 0) is 29.3 Å². The van der Waals surface area contributed by atoms with Crippen LogP contribution in [0.25, 0.3) is 0 Å². The van der Waals surface area contributed by atoms with Gasteiger partial charge in [-0.05, 0) is 6.42 Å². The van der Waals surface area contributed by atoms with Gasteiger partial charge in [-0.3, -0.25) is 23.7 Å². The van der Waals surface area contributed by atoms with Gasteiger partial charge >= 0.3 is 11.9 Å². The Hall–Kier alpha value is -1.94. The van der Waals surface area contributed by atoms with Crippen molar-refractivity contribution in [3.8, 4) is 0 Å². The predicted octanol–water partition coefficient (Wildman–Crippen LogP) is -3.37. The van der Waals surface area contributed by atoms with Crippen LogP contribution >= 0.6 is 12.6 Å². The molecule has 0 aliphatic rings. The lowest BCUT2D eigenvalue weighted by molar-refractivity contribution is -0.139. The Morgan fingerprint density at radius 1 is 1.15 bits per heavy atom. The second-order valence-electron chi connectivity index (χ2n) is 4.97. The van der Waals surface area contributed by atoms with Crippen molar-refractivity contribution in [3.63, 3.8) is 0 Å². The molecule has 13 nitrogen and oxygen atoms in total. The molecule has 0 spiro atoms. The first-order valence-electron chi connectivity index (χ1n) is 7.37. The minimum Gasteiger partial charge on any atom is -0.480 e. The summed E-state index contributed by atoms with van der Waals surface area (Å²) in [4.78, 5) is 43.7. The van der Waals surface area contributed by atoms with E-state index >= 15 is 0 Å². The fourth-order valence-electron chi connectivity index (χ4n) is 1.31. The van der Waals surface area contributed by atoms with E-state index in [1.807, 2.05) is 0 Å². The van der Waals surface area contributed by atoms with Crippen LogP contribution in [0.4, 0.5) is 0 Å². The highest BCUT2D eigenvalue weighted by Gasteiger charge is 2.20. The molecule has 9 N–H and O–H groups in total. The van der Waals surface area contributed by atoms with Crippen molar-refractivity contribution < 1.29 is 42.4 Å². The molecule has 0 rings (SSSR count). The first kappa shape index (κ1) is 27.3. The first-order valence-corrected chi connectivity index (χ1v) is 9.61. The summed E-state index contributed by atoms with van der Waals surface area (Å²) >= 11 is 3.87. The maximum atomic E-state index is 11.5. The van der Waals surface area contributed by atoms with E-state index in [1.54, 1.807) is 0 Å². The number of aliphatic carboxylic acids is 2. The van der Waals surface area contributed by atoms with Gasteiger partial charge in [0.05, 0.1) is 5.75 Å². The smallest absolute Gasteiger partial charge is 0.322 e. The van der Waals surface area contributed by atoms with Crippen LogP contribution in [-0.4, -0.2) is 83.6 Å². The summed E-state index contributed by atoms with van der Waals surface area (Å²) in [5.41, 5.74) is 10.0. The third-order valence-electron chi connectivity index (χ3n) is 2.62. The molecule has 0 aromatic carbocycles. The third kappa shape index (κ3) is 17.2. The predicted molar refractivity (Wildman–Crippen MR) is 96.7 cm³/mol. The Labute approximate surface area is 161 Å². The summed E-state index contributed by atoms with van der Waals surface area (Å²) < 4.78 is 27.3. The maximum absolute atomic E-state index is 11.5. The van der Waals surface area contributed by atoms with E-state index in [9.17, 15) is 27.6 Å². The van der Waals surface area contributed by atoms with Gasteiger partial charge < -0.3 is 32.3 Å². The molecule has 158 valence electrons. The van der Waals surface area contributed by atoms with E-state index in [0.717, 1.165) is 0 Å². The normalized spacial score (nSPS) is 12.7. The van der Waals surface area contributed by atoms with E-state index in [2.05, 4.69) is 23.3 Å². The molecule has 0 aromatic rings. The summed E-state index contributed by atoms with van der Waals surface area (Å²) in [6.45, 7) is -0.596. The molecule has 2 atom stereocenters. The molecule has 0 fully saturated rings. The second-order valence-corrected chi connectivity index (χ2v) is 6.91. The standard InChI is InChI=1S/C10H17N3O6S.C2H7NO3S/c11-5(10(18)19)1-2-7(14)13-6(4-20)9(17)12-3-8(15)16;3-1-2-7(4,5)6/h5-6,20H,1-4,11H2,(H,12,17)(H,13,14)(H,15,16)(H,18,19);1-3H2,(H,4,5,6). The average Bonchev–Trinajstić information content (AvgIpc) is 2.54. The number of carboxylic acids is 2. The van der Waals surface area contributed by atoms with Crippen molar-refractivity contribution in [2.75, 3.05) is 24.6 Å². The molecule has 2 amide bonds. The quantitative estimate of drug-likeness (QED) is 0.118. The SMILES string of the molecule is NC(CCC(=O)NC(CS)C(=O)NCC(=O)O)C(=O)O.NCCS(=O)(=O)O. The maximum Gasteiger partial charge on any atom is 0.322 e. The van der Waals surface area contributed by atoms with Crippen molar-refractivity contribution >= 4 is 46.5 Å². The van der Waals surface area contributed by atoms with Gasteiger partial charge in [0.15, 0.2) is 0 Å². The number of carbonyl (C=O) groups is 4. The topological polar surface area (TPSA) is 239 Å². The zero-order valence-corrected chi connectivity index (χ0v) is 15.9. The molecule has 0 aliphatic heterocycles. The number of nitrogens with one attached hydrogen (secondary N) is 2. The van der Waals surface area contributed by atoms with Crippen LogP contribution in [0, 0.1) is 0 Å². The number of thiol groups is 1. The third-order valence-corrected chi connectivity index (χ3v) is 3.74. The summed E-state index contributed by atoms with van der Waals surface area (Å²) in [6, 6.07) is -2.15. The number of hydrogen-bond donors (Lipinski definition) is 8. The highest BCUT2D eigenvalue weighted by atomic mass is 32.2. The van der Waals surface area contributed by atoms with Crippen molar-refractivity contribution in [1.29, 1.82) is 0 Å². The molecule has 0 saturated heterocycles. The molecule has 0 radical (unpaired) electrons. The van der Waals surface area contributed by atoms with Crippen molar-refractivity contribution in [2.45, 2.75) is 24.9 Å². The van der Waals surface area contributed by atoms with Crippen molar-refractivity contribution in [3.05, 3.63) is 0 Å². The Bertz CT molecular complexity index is 612. The lowest BCUT2D eigenvalue weighted by Crippen LogP contribution is -2.49. The summed E-state index contributed by atoms with van der Waals surface area (Å²) in [5.74, 6) is -4.06. The number of carboxylic acid groups (broad SMARTS) is 2. The average molecular weight is 432 g/mol. The lowest BCUT2D eigenvalue weighted by atomic mass is 10.1. The number of carbonyl (C=O) groups excluding carboxylic acids is 2. The van der Waals surface area contributed by atoms with Gasteiger partial charge in [-0.25, -0.2) is 0 Å². The van der Waals surface area contributed by atoms with Gasteiger partial charge in [-0.2, -0.15) is 21.0 Å². The monoisotopic (exact) mass is 432 g/mol. The lowest BCUT2D eigenvalue weighted by Gasteiger charge is -2.16. The largest absolute Gasteiger partial charge is 0.480 e. The van der Waals surface area contributed by atoms with Crippen LogP contribution in [0.15, 0.2) is 0 Å². The molecule has 15 heteroatoms. The summed E-state index contributed by atoms with van der Waals surface area (Å²) in [6.07, 6.45) is -0.235. The number of amides is 2. The van der Waals surface area contributed by atoms with E-state index in [-0.39, 0.29) is 30.9 Å². The van der Waals surface area contributed by atoms with E-state index in [1.165, 1.54) is 0 Å². The fourth-order valence-corrected chi connectivity index (χ4v) is 1.86. The summed E-state index contributed by atoms with van der Waals surface area (Å²) in [5, 5.41) is 21.4. The van der Waals surface area contributed by atoms with E-state index < -0.39 is 52.5 Å². The number of nitrogens with two attached hydrogens (primary N) is 2. The minimum atomic E-state index is -3.80. The van der Waals surface area contributed by atoms with Gasteiger partial charge in [0.1, 0.15) is 18.6 Å². The van der Waals surface area contributed by atoms with Crippen LogP contribution in [0.5, 0.6) is 0 Å². The molecule has 0 heterocycles. The number of rotatable bonds is 11. The second kappa shape index (κ2) is 14.2. The Balaban J connectivity index is 0. The van der Waals surface area contributed by atoms with E-state index in [0.29, 0.717) is 0 Å². The Morgan fingerprint density at radius 2 is 1.70 bits per heavy atom. The molecular formula is C12H24N4O9S2. The molecule has 2 unspecified atom stereocenters. The molecular weight excluding hydrogens is 408 g/mol. The van der Waals surface area contributed by atoms with Gasteiger partial charge in [-0.1, -0.05) is 0 Å².